The van der Waals surface area contributed by atoms with Gasteiger partial charge in [0.1, 0.15) is 24.6 Å². The van der Waals surface area contributed by atoms with Crippen molar-refractivity contribution in [2.75, 3.05) is 31.8 Å². The molecule has 1 amide bonds. The van der Waals surface area contributed by atoms with Gasteiger partial charge in [0, 0.05) is 13.2 Å². The molecule has 37 heavy (non-hydrogen) atoms. The van der Waals surface area contributed by atoms with Crippen LogP contribution in [0.25, 0.3) is 11.0 Å². The first-order valence-corrected chi connectivity index (χ1v) is 12.4. The topological polar surface area (TPSA) is 117 Å². The number of fused-ring (bicyclic) bond motifs is 1. The minimum atomic E-state index is -4.70. The highest BCUT2D eigenvalue weighted by Crippen LogP contribution is 2.32. The van der Waals surface area contributed by atoms with Crippen molar-refractivity contribution in [2.24, 2.45) is 0 Å². The average Bonchev–Trinajstić information content (AvgIpc) is 3.39. The summed E-state index contributed by atoms with van der Waals surface area (Å²) in [6, 6.07) is 9.81. The lowest BCUT2D eigenvalue weighted by Gasteiger charge is -2.19. The second-order valence-electron chi connectivity index (χ2n) is 8.35. The molecule has 10 nitrogen and oxygen atoms in total. The van der Waals surface area contributed by atoms with E-state index in [0.717, 1.165) is 5.56 Å². The number of anilines is 1. The number of methoxy groups -OCH3 is 1. The average molecular weight is 545 g/mol. The lowest BCUT2D eigenvalue weighted by atomic mass is 10.2. The van der Waals surface area contributed by atoms with Gasteiger partial charge in [-0.3, -0.25) is 9.08 Å². The summed E-state index contributed by atoms with van der Waals surface area (Å²) in [5.74, 6) is 0.285. The van der Waals surface area contributed by atoms with Gasteiger partial charge < -0.3 is 18.7 Å². The number of carbonyl (C=O) groups excluding carboxylic acids is 1. The van der Waals surface area contributed by atoms with Crippen LogP contribution in [0.4, 0.5) is 23.8 Å². The number of hydrogen-bond donors (Lipinski definition) is 0. The zero-order valence-electron chi connectivity index (χ0n) is 19.7. The summed E-state index contributed by atoms with van der Waals surface area (Å²) in [7, 11) is -3.00. The maximum atomic E-state index is 13.1. The number of ether oxygens (including phenoxy) is 3. The summed E-state index contributed by atoms with van der Waals surface area (Å²) < 4.78 is 90.2. The minimum absolute atomic E-state index is 0.0833. The zero-order valence-corrected chi connectivity index (χ0v) is 20.5. The first kappa shape index (κ1) is 26.7. The molecule has 2 atom stereocenters. The number of hydrogen-bond acceptors (Lipinski definition) is 9. The monoisotopic (exact) mass is 544 g/mol. The molecule has 0 N–H and O–H groups in total. The molecule has 1 aliphatic rings. The molecule has 1 saturated heterocycles. The number of amides is 1. The summed E-state index contributed by atoms with van der Waals surface area (Å²) in [5, 5.41) is 4.33. The zero-order chi connectivity index (χ0) is 26.8. The number of alkyl halides is 3. The molecule has 0 radical (unpaired) electrons. The Bertz CT molecular complexity index is 1360. The van der Waals surface area contributed by atoms with Crippen molar-refractivity contribution in [3.63, 3.8) is 0 Å². The number of halogens is 3. The van der Waals surface area contributed by atoms with Gasteiger partial charge in [-0.25, -0.2) is 4.79 Å². The predicted molar refractivity (Wildman–Crippen MR) is 123 cm³/mol. The van der Waals surface area contributed by atoms with E-state index in [1.54, 1.807) is 6.92 Å². The largest absolute Gasteiger partial charge is 0.491 e. The number of carbonyl (C=O) groups is 1. The van der Waals surface area contributed by atoms with Gasteiger partial charge in [0.15, 0.2) is 11.4 Å². The second kappa shape index (κ2) is 10.6. The molecule has 2 heterocycles. The molecule has 1 aromatic heterocycles. The Labute approximate surface area is 209 Å². The quantitative estimate of drug-likeness (QED) is 0.346. The van der Waals surface area contributed by atoms with Gasteiger partial charge in [-0.1, -0.05) is 22.9 Å². The molecule has 3 aromatic rings. The highest BCUT2D eigenvalue weighted by atomic mass is 32.2. The van der Waals surface area contributed by atoms with Crippen LogP contribution >= 0.6 is 0 Å². The van der Waals surface area contributed by atoms with E-state index in [4.69, 9.17) is 22.9 Å². The van der Waals surface area contributed by atoms with Crippen LogP contribution in [0.3, 0.4) is 0 Å². The Morgan fingerprint density at radius 1 is 1.19 bits per heavy atom. The molecule has 0 aliphatic carbocycles. The molecule has 1 fully saturated rings. The third kappa shape index (κ3) is 6.50. The molecule has 1 aliphatic heterocycles. The van der Waals surface area contributed by atoms with E-state index >= 15 is 0 Å². The number of rotatable bonds is 10. The first-order chi connectivity index (χ1) is 17.4. The third-order valence-corrected chi connectivity index (χ3v) is 6.75. The maximum Gasteiger partial charge on any atom is 0.416 e. The highest BCUT2D eigenvalue weighted by molar-refractivity contribution is 7.86. The molecule has 0 bridgehead atoms. The molecule has 0 saturated carbocycles. The Kier molecular flexibility index (Phi) is 7.62. The maximum absolute atomic E-state index is 13.1. The molecule has 4 rings (SSSR count). The number of aryl methyl sites for hydroxylation is 1. The first-order valence-electron chi connectivity index (χ1n) is 11.0. The predicted octanol–water partition coefficient (Wildman–Crippen LogP) is 4.21. The van der Waals surface area contributed by atoms with Crippen LogP contribution in [0.2, 0.25) is 0 Å². The normalized spacial score (nSPS) is 17.3. The standard InChI is InChI=1S/C23H23F3N2O8S/c1-14-3-6-18(7-4-14)37(30,31)36-16(10-23(24,25)26)13-33-15-5-8-19-20(9-15)35-27-21(19)28-11-17(12-32-2)34-22(28)29/h3-9,16-17H,10-13H2,1-2H3/t16-,17?/m1/s1. The van der Waals surface area contributed by atoms with Crippen LogP contribution in [0, 0.1) is 6.92 Å². The minimum Gasteiger partial charge on any atom is -0.491 e. The fraction of sp³-hybridized carbons (Fsp3) is 0.391. The molecule has 14 heteroatoms. The van der Waals surface area contributed by atoms with Crippen molar-refractivity contribution >= 4 is 33.0 Å². The van der Waals surface area contributed by atoms with Crippen LogP contribution in [0.5, 0.6) is 5.75 Å². The summed E-state index contributed by atoms with van der Waals surface area (Å²) in [6.45, 7) is 1.42. The number of nitrogens with zero attached hydrogens (tertiary/aromatic N) is 2. The Balaban J connectivity index is 1.48. The van der Waals surface area contributed by atoms with E-state index in [-0.39, 0.29) is 35.2 Å². The lowest BCUT2D eigenvalue weighted by Crippen LogP contribution is -2.30. The van der Waals surface area contributed by atoms with Gasteiger partial charge in [0.2, 0.25) is 0 Å². The highest BCUT2D eigenvalue weighted by Gasteiger charge is 2.37. The molecular weight excluding hydrogens is 521 g/mol. The van der Waals surface area contributed by atoms with Crippen molar-refractivity contribution < 1.29 is 49.3 Å². The fourth-order valence-electron chi connectivity index (χ4n) is 3.66. The number of cyclic esters (lactones) is 1. The second-order valence-corrected chi connectivity index (χ2v) is 9.92. The van der Waals surface area contributed by atoms with E-state index in [2.05, 4.69) is 5.16 Å². The fourth-order valence-corrected chi connectivity index (χ4v) is 4.73. The lowest BCUT2D eigenvalue weighted by molar-refractivity contribution is -0.152. The Morgan fingerprint density at radius 3 is 2.59 bits per heavy atom. The molecule has 0 spiro atoms. The summed E-state index contributed by atoms with van der Waals surface area (Å²) in [5.41, 5.74) is 0.965. The van der Waals surface area contributed by atoms with E-state index in [1.165, 1.54) is 54.5 Å². The molecule has 2 aromatic carbocycles. The molecule has 200 valence electrons. The van der Waals surface area contributed by atoms with E-state index in [9.17, 15) is 26.4 Å². The summed E-state index contributed by atoms with van der Waals surface area (Å²) in [4.78, 5) is 13.2. The number of aromatic nitrogens is 1. The van der Waals surface area contributed by atoms with Crippen LogP contribution in [0.15, 0.2) is 51.9 Å². The molecule has 1 unspecified atom stereocenters. The molecular formula is C23H23F3N2O8S. The van der Waals surface area contributed by atoms with Crippen molar-refractivity contribution in [2.45, 2.75) is 36.6 Å². The smallest absolute Gasteiger partial charge is 0.416 e. The van der Waals surface area contributed by atoms with Crippen molar-refractivity contribution in [3.05, 3.63) is 48.0 Å². The summed E-state index contributed by atoms with van der Waals surface area (Å²) in [6.07, 6.45) is -9.20. The van der Waals surface area contributed by atoms with Crippen molar-refractivity contribution in [1.29, 1.82) is 0 Å². The van der Waals surface area contributed by atoms with Gasteiger partial charge in [-0.15, -0.1) is 0 Å². The van der Waals surface area contributed by atoms with E-state index in [1.807, 2.05) is 0 Å². The van der Waals surface area contributed by atoms with E-state index in [0.29, 0.717) is 5.39 Å². The van der Waals surface area contributed by atoms with Gasteiger partial charge in [-0.2, -0.15) is 21.6 Å². The summed E-state index contributed by atoms with van der Waals surface area (Å²) >= 11 is 0. The van der Waals surface area contributed by atoms with Gasteiger partial charge in [0.05, 0.1) is 29.9 Å². The van der Waals surface area contributed by atoms with Crippen LogP contribution in [0.1, 0.15) is 12.0 Å². The SMILES string of the molecule is COCC1CN(c2noc3cc(OC[C@@H](CC(F)(F)F)OS(=O)(=O)c4ccc(C)cc4)ccc23)C(=O)O1. The van der Waals surface area contributed by atoms with Crippen LogP contribution in [-0.2, 0) is 23.8 Å². The van der Waals surface area contributed by atoms with Crippen LogP contribution < -0.4 is 9.64 Å². The van der Waals surface area contributed by atoms with Crippen molar-refractivity contribution in [3.8, 4) is 5.75 Å². The third-order valence-electron chi connectivity index (χ3n) is 5.37. The Hall–Kier alpha value is -3.36. The van der Waals surface area contributed by atoms with Gasteiger partial charge in [-0.05, 0) is 31.2 Å². The van der Waals surface area contributed by atoms with E-state index < -0.39 is 47.6 Å². The van der Waals surface area contributed by atoms with Gasteiger partial charge >= 0.3 is 12.3 Å². The Morgan fingerprint density at radius 2 is 1.92 bits per heavy atom. The van der Waals surface area contributed by atoms with Crippen molar-refractivity contribution in [1.82, 2.24) is 5.16 Å². The van der Waals surface area contributed by atoms with Gasteiger partial charge in [0.25, 0.3) is 10.1 Å². The van der Waals surface area contributed by atoms with Crippen LogP contribution in [-0.4, -0.2) is 64.9 Å². The number of benzene rings is 2.